The molecule has 2 N–H and O–H groups in total. The number of thiazole rings is 1. The molecule has 0 fully saturated rings. The summed E-state index contributed by atoms with van der Waals surface area (Å²) in [5.74, 6) is 1.67. The first-order valence-corrected chi connectivity index (χ1v) is 8.14. The number of halogens is 3. The van der Waals surface area contributed by atoms with E-state index < -0.39 is 11.9 Å². The predicted octanol–water partition coefficient (Wildman–Crippen LogP) is 3.02. The minimum atomic E-state index is -4.42. The van der Waals surface area contributed by atoms with E-state index in [9.17, 15) is 13.2 Å². The molecule has 132 valence electrons. The van der Waals surface area contributed by atoms with Crippen molar-refractivity contribution in [3.8, 4) is 0 Å². The summed E-state index contributed by atoms with van der Waals surface area (Å²) in [6.45, 7) is 6.55. The van der Waals surface area contributed by atoms with Crippen molar-refractivity contribution in [3.05, 3.63) is 33.4 Å². The van der Waals surface area contributed by atoms with E-state index in [0.717, 1.165) is 28.2 Å². The van der Waals surface area contributed by atoms with Gasteiger partial charge in [0.25, 0.3) is 0 Å². The number of nitrogens with one attached hydrogen (secondary N) is 2. The third kappa shape index (κ3) is 4.95. The largest absolute Gasteiger partial charge is 0.444 e. The molecular weight excluding hydrogens is 343 g/mol. The Kier molecular flexibility index (Phi) is 5.81. The van der Waals surface area contributed by atoms with Crippen molar-refractivity contribution in [3.63, 3.8) is 0 Å². The maximum Gasteiger partial charge on any atom is 0.434 e. The van der Waals surface area contributed by atoms with Crippen LogP contribution in [0.2, 0.25) is 0 Å². The maximum absolute atomic E-state index is 12.5. The van der Waals surface area contributed by atoms with Gasteiger partial charge in [-0.05, 0) is 20.8 Å². The Morgan fingerprint density at radius 3 is 2.58 bits per heavy atom. The molecule has 0 saturated heterocycles. The summed E-state index contributed by atoms with van der Waals surface area (Å²) in [4.78, 5) is 12.1. The first kappa shape index (κ1) is 18.2. The SMILES string of the molecule is CCNC(=NCc1nc(C)c(C)o1)NCc1nc(C(F)(F)F)cs1. The van der Waals surface area contributed by atoms with E-state index in [2.05, 4.69) is 25.6 Å². The zero-order valence-electron chi connectivity index (χ0n) is 13.5. The molecule has 0 aromatic carbocycles. The summed E-state index contributed by atoms with van der Waals surface area (Å²) in [6.07, 6.45) is -4.42. The molecule has 2 aromatic rings. The lowest BCUT2D eigenvalue weighted by Crippen LogP contribution is -2.36. The van der Waals surface area contributed by atoms with Crippen LogP contribution in [0.4, 0.5) is 13.2 Å². The zero-order valence-corrected chi connectivity index (χ0v) is 14.3. The lowest BCUT2D eigenvalue weighted by atomic mass is 10.4. The van der Waals surface area contributed by atoms with Gasteiger partial charge in [0.05, 0.1) is 12.2 Å². The van der Waals surface area contributed by atoms with Gasteiger partial charge in [-0.1, -0.05) is 0 Å². The fraction of sp³-hybridized carbons (Fsp3) is 0.500. The lowest BCUT2D eigenvalue weighted by molar-refractivity contribution is -0.140. The fourth-order valence-electron chi connectivity index (χ4n) is 1.78. The van der Waals surface area contributed by atoms with Crippen LogP contribution in [0.25, 0.3) is 0 Å². The van der Waals surface area contributed by atoms with Gasteiger partial charge in [0.15, 0.2) is 11.7 Å². The van der Waals surface area contributed by atoms with E-state index in [1.54, 1.807) is 0 Å². The van der Waals surface area contributed by atoms with Gasteiger partial charge in [-0.2, -0.15) is 13.2 Å². The van der Waals surface area contributed by atoms with Gasteiger partial charge in [-0.3, -0.25) is 0 Å². The van der Waals surface area contributed by atoms with E-state index in [-0.39, 0.29) is 13.1 Å². The van der Waals surface area contributed by atoms with Crippen LogP contribution in [0, 0.1) is 13.8 Å². The Morgan fingerprint density at radius 1 is 1.29 bits per heavy atom. The highest BCUT2D eigenvalue weighted by molar-refractivity contribution is 7.09. The van der Waals surface area contributed by atoms with E-state index >= 15 is 0 Å². The number of rotatable bonds is 5. The van der Waals surface area contributed by atoms with Crippen molar-refractivity contribution in [1.82, 2.24) is 20.6 Å². The molecule has 0 bridgehead atoms. The van der Waals surface area contributed by atoms with Crippen LogP contribution < -0.4 is 10.6 Å². The van der Waals surface area contributed by atoms with Crippen molar-refractivity contribution in [1.29, 1.82) is 0 Å². The van der Waals surface area contributed by atoms with Gasteiger partial charge in [0.1, 0.15) is 17.3 Å². The van der Waals surface area contributed by atoms with Crippen LogP contribution >= 0.6 is 11.3 Å². The van der Waals surface area contributed by atoms with Gasteiger partial charge in [-0.25, -0.2) is 15.0 Å². The minimum Gasteiger partial charge on any atom is -0.444 e. The Hall–Kier alpha value is -2.10. The summed E-state index contributed by atoms with van der Waals surface area (Å²) < 4.78 is 43.0. The molecule has 10 heteroatoms. The average molecular weight is 361 g/mol. The number of nitrogens with zero attached hydrogens (tertiary/aromatic N) is 3. The summed E-state index contributed by atoms with van der Waals surface area (Å²) in [5.41, 5.74) is -0.0717. The van der Waals surface area contributed by atoms with Gasteiger partial charge in [0, 0.05) is 11.9 Å². The molecule has 0 aliphatic carbocycles. The number of hydrogen-bond acceptors (Lipinski definition) is 5. The molecular formula is C14H18F3N5OS. The first-order chi connectivity index (χ1) is 11.3. The number of aromatic nitrogens is 2. The third-order valence-electron chi connectivity index (χ3n) is 3.04. The number of aryl methyl sites for hydroxylation is 2. The van der Waals surface area contributed by atoms with Gasteiger partial charge in [0.2, 0.25) is 5.89 Å². The highest BCUT2D eigenvalue weighted by atomic mass is 32.1. The number of alkyl halides is 3. The van der Waals surface area contributed by atoms with Crippen LogP contribution in [-0.2, 0) is 19.3 Å². The van der Waals surface area contributed by atoms with Gasteiger partial charge >= 0.3 is 6.18 Å². The zero-order chi connectivity index (χ0) is 17.7. The molecule has 0 unspecified atom stereocenters. The van der Waals surface area contributed by atoms with E-state index in [0.29, 0.717) is 23.4 Å². The van der Waals surface area contributed by atoms with Crippen molar-refractivity contribution in [2.45, 2.75) is 40.0 Å². The topological polar surface area (TPSA) is 75.3 Å². The summed E-state index contributed by atoms with van der Waals surface area (Å²) in [6, 6.07) is 0. The quantitative estimate of drug-likeness (QED) is 0.632. The smallest absolute Gasteiger partial charge is 0.434 e. The van der Waals surface area contributed by atoms with Gasteiger partial charge < -0.3 is 15.1 Å². The Balaban J connectivity index is 1.97. The van der Waals surface area contributed by atoms with Crippen molar-refractivity contribution in [2.24, 2.45) is 4.99 Å². The second-order valence-corrected chi connectivity index (χ2v) is 5.86. The van der Waals surface area contributed by atoms with Crippen LogP contribution in [0.1, 0.15) is 35.0 Å². The molecule has 0 spiro atoms. The number of hydrogen-bond donors (Lipinski definition) is 2. The normalized spacial score (nSPS) is 12.5. The van der Waals surface area contributed by atoms with Crippen molar-refractivity contribution >= 4 is 17.3 Å². The molecule has 2 heterocycles. The summed E-state index contributed by atoms with van der Waals surface area (Å²) in [7, 11) is 0. The molecule has 0 aliphatic heterocycles. The van der Waals surface area contributed by atoms with E-state index in [1.165, 1.54) is 0 Å². The average Bonchev–Trinajstić information content (AvgIpc) is 3.09. The molecule has 0 aliphatic rings. The molecule has 6 nitrogen and oxygen atoms in total. The van der Waals surface area contributed by atoms with Crippen molar-refractivity contribution in [2.75, 3.05) is 6.54 Å². The van der Waals surface area contributed by atoms with Crippen molar-refractivity contribution < 1.29 is 17.6 Å². The lowest BCUT2D eigenvalue weighted by Gasteiger charge is -2.09. The van der Waals surface area contributed by atoms with Gasteiger partial charge in [-0.15, -0.1) is 11.3 Å². The fourth-order valence-corrected chi connectivity index (χ4v) is 2.52. The molecule has 2 aromatic heterocycles. The summed E-state index contributed by atoms with van der Waals surface area (Å²) in [5, 5.41) is 7.28. The van der Waals surface area contributed by atoms with E-state index in [1.807, 2.05) is 20.8 Å². The standard InChI is InChI=1S/C14H18F3N5OS/c1-4-18-13(19-5-11-21-8(2)9(3)23-11)20-6-12-22-10(7-24-12)14(15,16)17/h7H,4-6H2,1-3H3,(H2,18,19,20). The number of oxazole rings is 1. The number of aliphatic imine (C=N–C) groups is 1. The summed E-state index contributed by atoms with van der Waals surface area (Å²) >= 11 is 0.949. The first-order valence-electron chi connectivity index (χ1n) is 7.26. The highest BCUT2D eigenvalue weighted by Gasteiger charge is 2.33. The Bertz CT molecular complexity index is 688. The molecule has 2 rings (SSSR count). The molecule has 0 atom stereocenters. The second-order valence-electron chi connectivity index (χ2n) is 4.92. The molecule has 0 amide bonds. The third-order valence-corrected chi connectivity index (χ3v) is 3.89. The highest BCUT2D eigenvalue weighted by Crippen LogP contribution is 2.29. The maximum atomic E-state index is 12.5. The molecule has 24 heavy (non-hydrogen) atoms. The minimum absolute atomic E-state index is 0.149. The van der Waals surface area contributed by atoms with Crippen LogP contribution in [-0.4, -0.2) is 22.5 Å². The number of guanidine groups is 1. The second kappa shape index (κ2) is 7.65. The van der Waals surface area contributed by atoms with E-state index in [4.69, 9.17) is 4.42 Å². The van der Waals surface area contributed by atoms with Crippen LogP contribution in [0.5, 0.6) is 0 Å². The monoisotopic (exact) mass is 361 g/mol. The Morgan fingerprint density at radius 2 is 2.04 bits per heavy atom. The predicted molar refractivity (Wildman–Crippen MR) is 84.7 cm³/mol. The molecule has 0 radical (unpaired) electrons. The Labute approximate surface area is 141 Å². The molecule has 0 saturated carbocycles. The van der Waals surface area contributed by atoms with Crippen LogP contribution in [0.15, 0.2) is 14.8 Å². The van der Waals surface area contributed by atoms with Crippen LogP contribution in [0.3, 0.4) is 0 Å².